The van der Waals surface area contributed by atoms with Gasteiger partial charge in [0.2, 0.25) is 0 Å². The summed E-state index contributed by atoms with van der Waals surface area (Å²) in [4.78, 5) is 1.63. The van der Waals surface area contributed by atoms with E-state index in [1.54, 1.807) is 11.0 Å². The summed E-state index contributed by atoms with van der Waals surface area (Å²) in [6.07, 6.45) is 0. The van der Waals surface area contributed by atoms with Crippen molar-refractivity contribution in [3.63, 3.8) is 0 Å². The Kier molecular flexibility index (Phi) is 5.85. The number of para-hydroxylation sites is 4. The largest absolute Gasteiger partial charge is 0.455 e. The van der Waals surface area contributed by atoms with Crippen molar-refractivity contribution in [1.82, 2.24) is 4.57 Å². The molecule has 3 heteroatoms. The van der Waals surface area contributed by atoms with E-state index < -0.39 is 124 Å². The Morgan fingerprint density at radius 3 is 1.57 bits per heavy atom. The minimum atomic E-state index is -0.750. The molecule has 3 nitrogen and oxygen atoms in total. The summed E-state index contributed by atoms with van der Waals surface area (Å²) >= 11 is 0. The van der Waals surface area contributed by atoms with E-state index in [2.05, 4.69) is 41.0 Å². The van der Waals surface area contributed by atoms with Gasteiger partial charge < -0.3 is 13.9 Å². The van der Waals surface area contributed by atoms with Crippen LogP contribution in [0.15, 0.2) is 247 Å². The molecule has 0 aliphatic carbocycles. The van der Waals surface area contributed by atoms with Crippen LogP contribution in [0, 0.1) is 0 Å². The molecule has 12 rings (SSSR count). The summed E-state index contributed by atoms with van der Waals surface area (Å²) in [7, 11) is 0. The van der Waals surface area contributed by atoms with Gasteiger partial charge in [-0.2, -0.15) is 0 Å². The van der Waals surface area contributed by atoms with Crippen molar-refractivity contribution in [3.8, 4) is 50.2 Å². The zero-order chi connectivity index (χ0) is 54.7. The number of aromatic nitrogens is 1. The Balaban J connectivity index is 1.05. The molecule has 0 aliphatic rings. The minimum Gasteiger partial charge on any atom is -0.455 e. The van der Waals surface area contributed by atoms with Gasteiger partial charge in [-0.3, -0.25) is 0 Å². The van der Waals surface area contributed by atoms with E-state index in [1.165, 1.54) is 0 Å². The van der Waals surface area contributed by atoms with E-state index in [-0.39, 0.29) is 16.5 Å². The van der Waals surface area contributed by atoms with Gasteiger partial charge in [0.25, 0.3) is 0 Å². The molecule has 10 aromatic carbocycles. The number of hydrogen-bond donors (Lipinski definition) is 0. The maximum atomic E-state index is 9.79. The lowest BCUT2D eigenvalue weighted by atomic mass is 9.99. The molecule has 0 saturated carbocycles. The van der Waals surface area contributed by atoms with Crippen LogP contribution >= 0.6 is 0 Å². The van der Waals surface area contributed by atoms with Gasteiger partial charge in [-0.15, -0.1) is 0 Å². The highest BCUT2D eigenvalue weighted by atomic mass is 16.3. The first-order valence-electron chi connectivity index (χ1n) is 27.8. The van der Waals surface area contributed by atoms with Crippen LogP contribution in [0.5, 0.6) is 0 Å². The summed E-state index contributed by atoms with van der Waals surface area (Å²) < 4.78 is 144. The molecule has 0 N–H and O–H groups in total. The highest BCUT2D eigenvalue weighted by molar-refractivity contribution is 6.13. The molecule has 0 amide bonds. The van der Waals surface area contributed by atoms with E-state index in [4.69, 9.17) is 18.1 Å². The molecule has 0 unspecified atom stereocenters. The molecule has 0 bridgehead atoms. The third kappa shape index (κ3) is 6.38. The molecule has 0 aliphatic heterocycles. The molecule has 0 fully saturated rings. The van der Waals surface area contributed by atoms with Gasteiger partial charge in [0.05, 0.1) is 31.6 Å². The van der Waals surface area contributed by atoms with Crippen LogP contribution in [-0.4, -0.2) is 4.57 Å². The number of benzene rings is 10. The van der Waals surface area contributed by atoms with Gasteiger partial charge in [0.15, 0.2) is 0 Å². The lowest BCUT2D eigenvalue weighted by molar-refractivity contribution is 0.671. The Bertz CT molecular complexity index is 4400. The highest BCUT2D eigenvalue weighted by Crippen LogP contribution is 2.42. The maximum Gasteiger partial charge on any atom is 0.143 e. The van der Waals surface area contributed by atoms with Gasteiger partial charge in [0, 0.05) is 55.4 Å². The normalized spacial score (nSPS) is 14.8. The molecule has 2 heterocycles. The van der Waals surface area contributed by atoms with E-state index in [9.17, 15) is 6.85 Å². The van der Waals surface area contributed by atoms with Gasteiger partial charge in [-0.1, -0.05) is 182 Å². The quantitative estimate of drug-likeness (QED) is 0.152. The third-order valence-corrected chi connectivity index (χ3v) is 11.3. The van der Waals surface area contributed by atoms with Gasteiger partial charge >= 0.3 is 0 Å². The lowest BCUT2D eigenvalue weighted by Crippen LogP contribution is -2.10. The summed E-state index contributed by atoms with van der Waals surface area (Å²) in [5, 5.41) is 1.59. The average molecular weight is 820 g/mol. The first-order chi connectivity index (χ1) is 37.5. The van der Waals surface area contributed by atoms with E-state index >= 15 is 0 Å². The van der Waals surface area contributed by atoms with Crippen LogP contribution in [0.25, 0.3) is 93.9 Å². The second kappa shape index (κ2) is 15.3. The molecular formula is C60H40N2O. The zero-order valence-corrected chi connectivity index (χ0v) is 33.2. The maximum absolute atomic E-state index is 9.79. The minimum absolute atomic E-state index is 0.162. The Hall–Kier alpha value is -8.40. The second-order valence-corrected chi connectivity index (χ2v) is 15.0. The number of anilines is 3. The van der Waals surface area contributed by atoms with Gasteiger partial charge in [-0.05, 0) is 94.0 Å². The summed E-state index contributed by atoms with van der Waals surface area (Å²) in [5.74, 6) is 0. The molecule has 63 heavy (non-hydrogen) atoms. The van der Waals surface area contributed by atoms with Crippen molar-refractivity contribution in [2.75, 3.05) is 4.90 Å². The topological polar surface area (TPSA) is 21.3 Å². The summed E-state index contributed by atoms with van der Waals surface area (Å²) in [6, 6.07) is 38.9. The predicted molar refractivity (Wildman–Crippen MR) is 264 cm³/mol. The second-order valence-electron chi connectivity index (χ2n) is 15.0. The van der Waals surface area contributed by atoms with Crippen molar-refractivity contribution in [3.05, 3.63) is 242 Å². The number of furan rings is 1. The lowest BCUT2D eigenvalue weighted by Gasteiger charge is -2.26. The fourth-order valence-corrected chi connectivity index (χ4v) is 8.41. The fraction of sp³-hybridized carbons (Fsp3) is 0. The monoisotopic (exact) mass is 819 g/mol. The van der Waals surface area contributed by atoms with E-state index in [0.29, 0.717) is 11.4 Å². The molecule has 12 aromatic rings. The standard InChI is InChI=1S/C60H40N2O/c1-3-15-41(16-4-1)45-19-11-21-49(39-45)61(47-35-31-42(32-36-47)46-20-12-22-50(40-46)62-57-29-9-7-23-53(57)54-24-8-10-30-58(54)62)48-37-33-44(34-38-48)52-26-14-28-56-55-27-13-25-51(59(55)63-60(52)56)43-17-5-2-6-18-43/h1-40H/i2D,5D,6D,13D,14D,17D,18D,25D,26D,27D,28D,33D,34D,37D,38D. The molecule has 0 atom stereocenters. The zero-order valence-electron chi connectivity index (χ0n) is 48.2. The summed E-state index contributed by atoms with van der Waals surface area (Å²) in [6.45, 7) is 0. The number of nitrogens with zero attached hydrogens (tertiary/aromatic N) is 2. The van der Waals surface area contributed by atoms with Crippen LogP contribution in [0.4, 0.5) is 17.1 Å². The van der Waals surface area contributed by atoms with Crippen LogP contribution in [0.1, 0.15) is 20.6 Å². The molecule has 0 saturated heterocycles. The molecule has 296 valence electrons. The molecule has 2 aromatic heterocycles. The molecule has 0 spiro atoms. The van der Waals surface area contributed by atoms with E-state index in [1.807, 2.05) is 109 Å². The van der Waals surface area contributed by atoms with Crippen molar-refractivity contribution in [1.29, 1.82) is 0 Å². The summed E-state index contributed by atoms with van der Waals surface area (Å²) in [5.41, 5.74) is 4.47. The molecule has 0 radical (unpaired) electrons. The Labute approximate surface area is 387 Å². The van der Waals surface area contributed by atoms with Gasteiger partial charge in [-0.25, -0.2) is 0 Å². The molecular weight excluding hydrogens is 765 g/mol. The number of rotatable bonds is 8. The predicted octanol–water partition coefficient (Wildman–Crippen LogP) is 16.8. The van der Waals surface area contributed by atoms with E-state index in [0.717, 1.165) is 49.7 Å². The van der Waals surface area contributed by atoms with Crippen molar-refractivity contribution in [2.24, 2.45) is 0 Å². The fourth-order valence-electron chi connectivity index (χ4n) is 8.41. The van der Waals surface area contributed by atoms with Crippen molar-refractivity contribution < 1.29 is 25.0 Å². The first-order valence-corrected chi connectivity index (χ1v) is 20.3. The van der Waals surface area contributed by atoms with Crippen LogP contribution in [0.2, 0.25) is 0 Å². The van der Waals surface area contributed by atoms with Crippen LogP contribution < -0.4 is 4.90 Å². The van der Waals surface area contributed by atoms with Crippen LogP contribution in [-0.2, 0) is 0 Å². The SMILES string of the molecule is [2H]c1c([2H])c([2H])c(-c2c([2H])c([2H])c([2H])c3c2oc2c(-c4c([2H])c([2H])c(N(c5ccc(-c6cccc(-n7c8ccccc8c8ccccc87)c6)cc5)c5cccc(-c6ccccc6)c5)c([2H])c4[2H])c([2H])c([2H])c([2H])c23)c([2H])c1[2H]. The average Bonchev–Trinajstić information content (AvgIpc) is 4.15. The highest BCUT2D eigenvalue weighted by Gasteiger charge is 2.18. The van der Waals surface area contributed by atoms with Gasteiger partial charge in [0.1, 0.15) is 11.2 Å². The Morgan fingerprint density at radius 2 is 0.905 bits per heavy atom. The third-order valence-electron chi connectivity index (χ3n) is 11.3. The number of hydrogen-bond acceptors (Lipinski definition) is 2. The van der Waals surface area contributed by atoms with Crippen molar-refractivity contribution in [2.45, 2.75) is 0 Å². The van der Waals surface area contributed by atoms with Crippen LogP contribution in [0.3, 0.4) is 0 Å². The van der Waals surface area contributed by atoms with Crippen molar-refractivity contribution >= 4 is 60.8 Å². The smallest absolute Gasteiger partial charge is 0.143 e. The first kappa shape index (κ1) is 24.1. The Morgan fingerprint density at radius 1 is 0.349 bits per heavy atom. The number of fused-ring (bicyclic) bond motifs is 6.